The number of hydrogen-bond donors (Lipinski definition) is 2. The van der Waals surface area contributed by atoms with Crippen molar-refractivity contribution in [1.29, 1.82) is 0 Å². The van der Waals surface area contributed by atoms with Crippen molar-refractivity contribution in [3.63, 3.8) is 0 Å². The van der Waals surface area contributed by atoms with Crippen LogP contribution in [0.1, 0.15) is 12.8 Å². The van der Waals surface area contributed by atoms with E-state index >= 15 is 0 Å². The van der Waals surface area contributed by atoms with Gasteiger partial charge in [0, 0.05) is 24.7 Å². The fraction of sp³-hybridized carbons (Fsp3) is 0.417. The maximum Gasteiger partial charge on any atom is 0.305 e. The third kappa shape index (κ3) is 3.03. The Morgan fingerprint density at radius 1 is 1.53 bits per heavy atom. The van der Waals surface area contributed by atoms with Crippen molar-refractivity contribution < 1.29 is 9.90 Å². The molecule has 1 aromatic carbocycles. The van der Waals surface area contributed by atoms with E-state index in [0.717, 1.165) is 30.9 Å². The van der Waals surface area contributed by atoms with Gasteiger partial charge in [-0.3, -0.25) is 4.79 Å². The molecule has 1 aromatic rings. The zero-order valence-electron chi connectivity index (χ0n) is 9.45. The monoisotopic (exact) mass is 254 g/mol. The van der Waals surface area contributed by atoms with E-state index in [4.69, 9.17) is 16.7 Å². The molecule has 0 atom stereocenters. The lowest BCUT2D eigenvalue weighted by Crippen LogP contribution is -2.26. The van der Waals surface area contributed by atoms with Crippen molar-refractivity contribution in [3.05, 3.63) is 23.2 Å². The van der Waals surface area contributed by atoms with Crippen molar-refractivity contribution in [2.45, 2.75) is 12.8 Å². The maximum atomic E-state index is 10.6. The van der Waals surface area contributed by atoms with Crippen LogP contribution in [0.3, 0.4) is 0 Å². The number of nitrogens with one attached hydrogen (secondary N) is 1. The molecule has 0 saturated carbocycles. The first kappa shape index (κ1) is 12.0. The second-order valence-electron chi connectivity index (χ2n) is 4.07. The molecule has 0 saturated heterocycles. The molecule has 1 aliphatic heterocycles. The van der Waals surface area contributed by atoms with E-state index in [2.05, 4.69) is 10.2 Å². The van der Waals surface area contributed by atoms with Crippen LogP contribution in [0.25, 0.3) is 0 Å². The molecule has 0 spiro atoms. The third-order valence-electron chi connectivity index (χ3n) is 2.82. The van der Waals surface area contributed by atoms with E-state index in [1.54, 1.807) is 0 Å². The summed E-state index contributed by atoms with van der Waals surface area (Å²) < 4.78 is 0. The molecule has 0 aliphatic carbocycles. The van der Waals surface area contributed by atoms with Gasteiger partial charge >= 0.3 is 5.97 Å². The van der Waals surface area contributed by atoms with Crippen molar-refractivity contribution in [2.24, 2.45) is 0 Å². The molecule has 0 bridgehead atoms. The molecule has 0 unspecified atom stereocenters. The number of carboxylic acids is 1. The lowest BCUT2D eigenvalue weighted by molar-refractivity contribution is -0.136. The normalized spacial score (nSPS) is 14.8. The molecular formula is C12H15ClN2O2. The number of carboxylic acid groups (broad SMARTS) is 1. The lowest BCUT2D eigenvalue weighted by atomic mass is 10.2. The zero-order chi connectivity index (χ0) is 12.3. The van der Waals surface area contributed by atoms with Gasteiger partial charge in [-0.15, -0.1) is 0 Å². The molecule has 5 heteroatoms. The van der Waals surface area contributed by atoms with Crippen LogP contribution in [0.4, 0.5) is 11.4 Å². The smallest absolute Gasteiger partial charge is 0.305 e. The van der Waals surface area contributed by atoms with Crippen molar-refractivity contribution >= 4 is 28.9 Å². The van der Waals surface area contributed by atoms with Gasteiger partial charge in [-0.05, 0) is 24.6 Å². The molecule has 0 amide bonds. The molecule has 1 heterocycles. The van der Waals surface area contributed by atoms with Crippen LogP contribution in [-0.4, -0.2) is 30.7 Å². The summed E-state index contributed by atoms with van der Waals surface area (Å²) in [7, 11) is 0. The van der Waals surface area contributed by atoms with Crippen LogP contribution >= 0.6 is 11.6 Å². The number of benzene rings is 1. The standard InChI is InChI=1S/C12H15ClN2O2/c13-9-2-3-11-10(8-9)14-5-1-6-15(11)7-4-12(16)17/h2-3,8,14H,1,4-7H2,(H,16,17). The van der Waals surface area contributed by atoms with E-state index in [9.17, 15) is 4.79 Å². The summed E-state index contributed by atoms with van der Waals surface area (Å²) in [5.41, 5.74) is 2.02. The topological polar surface area (TPSA) is 52.6 Å². The van der Waals surface area contributed by atoms with E-state index in [-0.39, 0.29) is 6.42 Å². The minimum absolute atomic E-state index is 0.155. The Labute approximate surface area is 105 Å². The van der Waals surface area contributed by atoms with Gasteiger partial charge in [0.05, 0.1) is 17.8 Å². The Balaban J connectivity index is 2.20. The summed E-state index contributed by atoms with van der Waals surface area (Å²) in [6, 6.07) is 5.66. The molecule has 2 rings (SSSR count). The Morgan fingerprint density at radius 3 is 3.12 bits per heavy atom. The van der Waals surface area contributed by atoms with E-state index in [1.165, 1.54) is 0 Å². The van der Waals surface area contributed by atoms with Crippen LogP contribution in [0, 0.1) is 0 Å². The number of fused-ring (bicyclic) bond motifs is 1. The van der Waals surface area contributed by atoms with Gasteiger partial charge in [-0.2, -0.15) is 0 Å². The average molecular weight is 255 g/mol. The van der Waals surface area contributed by atoms with E-state index < -0.39 is 5.97 Å². The fourth-order valence-corrected chi connectivity index (χ4v) is 2.17. The van der Waals surface area contributed by atoms with Gasteiger partial charge in [-0.1, -0.05) is 11.6 Å². The second kappa shape index (κ2) is 5.27. The van der Waals surface area contributed by atoms with Gasteiger partial charge in [0.1, 0.15) is 0 Å². The van der Waals surface area contributed by atoms with Crippen molar-refractivity contribution in [3.8, 4) is 0 Å². The summed E-state index contributed by atoms with van der Waals surface area (Å²) in [5, 5.41) is 12.7. The Hall–Kier alpha value is -1.42. The summed E-state index contributed by atoms with van der Waals surface area (Å²) in [5.74, 6) is -0.766. The molecule has 0 aromatic heterocycles. The first-order valence-corrected chi connectivity index (χ1v) is 6.05. The average Bonchev–Trinajstić information content (AvgIpc) is 2.48. The quantitative estimate of drug-likeness (QED) is 0.870. The molecular weight excluding hydrogens is 240 g/mol. The fourth-order valence-electron chi connectivity index (χ4n) is 2.00. The van der Waals surface area contributed by atoms with Crippen LogP contribution in [0.2, 0.25) is 5.02 Å². The van der Waals surface area contributed by atoms with Gasteiger partial charge in [0.25, 0.3) is 0 Å². The summed E-state index contributed by atoms with van der Waals surface area (Å²) in [6.07, 6.45) is 1.15. The van der Waals surface area contributed by atoms with E-state index in [1.807, 2.05) is 18.2 Å². The predicted molar refractivity (Wildman–Crippen MR) is 69.0 cm³/mol. The zero-order valence-corrected chi connectivity index (χ0v) is 10.2. The highest BCUT2D eigenvalue weighted by atomic mass is 35.5. The number of carbonyl (C=O) groups is 1. The molecule has 92 valence electrons. The highest BCUT2D eigenvalue weighted by molar-refractivity contribution is 6.31. The number of rotatable bonds is 3. The van der Waals surface area contributed by atoms with Crippen LogP contribution in [0.5, 0.6) is 0 Å². The number of hydrogen-bond acceptors (Lipinski definition) is 3. The minimum atomic E-state index is -0.766. The Morgan fingerprint density at radius 2 is 2.35 bits per heavy atom. The number of halogens is 1. The van der Waals surface area contributed by atoms with Crippen LogP contribution < -0.4 is 10.2 Å². The van der Waals surface area contributed by atoms with Gasteiger partial charge in [0.2, 0.25) is 0 Å². The highest BCUT2D eigenvalue weighted by Gasteiger charge is 2.15. The first-order valence-electron chi connectivity index (χ1n) is 5.67. The summed E-state index contributed by atoms with van der Waals surface area (Å²) in [6.45, 7) is 2.29. The van der Waals surface area contributed by atoms with Crippen molar-refractivity contribution in [1.82, 2.24) is 0 Å². The summed E-state index contributed by atoms with van der Waals surface area (Å²) in [4.78, 5) is 12.7. The molecule has 0 radical (unpaired) electrons. The molecule has 4 nitrogen and oxygen atoms in total. The first-order chi connectivity index (χ1) is 8.16. The number of aliphatic carboxylic acids is 1. The van der Waals surface area contributed by atoms with Crippen LogP contribution in [0.15, 0.2) is 18.2 Å². The molecule has 2 N–H and O–H groups in total. The predicted octanol–water partition coefficient (Wildman–Crippen LogP) is 2.44. The maximum absolute atomic E-state index is 10.6. The Kier molecular flexibility index (Phi) is 3.74. The van der Waals surface area contributed by atoms with E-state index in [0.29, 0.717) is 11.6 Å². The third-order valence-corrected chi connectivity index (χ3v) is 3.05. The number of anilines is 2. The lowest BCUT2D eigenvalue weighted by Gasteiger charge is -2.23. The van der Waals surface area contributed by atoms with Crippen molar-refractivity contribution in [2.75, 3.05) is 29.9 Å². The Bertz CT molecular complexity index is 423. The second-order valence-corrected chi connectivity index (χ2v) is 4.51. The molecule has 0 fully saturated rings. The van der Waals surface area contributed by atoms with Gasteiger partial charge in [-0.25, -0.2) is 0 Å². The summed E-state index contributed by atoms with van der Waals surface area (Å²) >= 11 is 5.95. The van der Waals surface area contributed by atoms with Gasteiger partial charge < -0.3 is 15.3 Å². The largest absolute Gasteiger partial charge is 0.481 e. The number of nitrogens with zero attached hydrogens (tertiary/aromatic N) is 1. The SMILES string of the molecule is O=C(O)CCN1CCCNc2cc(Cl)ccc21. The van der Waals surface area contributed by atoms with Gasteiger partial charge in [0.15, 0.2) is 0 Å². The highest BCUT2D eigenvalue weighted by Crippen LogP contribution is 2.31. The molecule has 1 aliphatic rings. The van der Waals surface area contributed by atoms with Crippen LogP contribution in [-0.2, 0) is 4.79 Å². The minimum Gasteiger partial charge on any atom is -0.481 e. The molecule has 17 heavy (non-hydrogen) atoms.